The summed E-state index contributed by atoms with van der Waals surface area (Å²) >= 11 is 0. The van der Waals surface area contributed by atoms with Gasteiger partial charge in [-0.25, -0.2) is 0 Å². The van der Waals surface area contributed by atoms with E-state index in [0.29, 0.717) is 6.42 Å². The van der Waals surface area contributed by atoms with Crippen LogP contribution in [-0.2, 0) is 16.1 Å². The van der Waals surface area contributed by atoms with Crippen LogP contribution in [0.2, 0.25) is 0 Å². The normalized spacial score (nSPS) is 15.7. The molecule has 1 fully saturated rings. The van der Waals surface area contributed by atoms with Gasteiger partial charge in [0.25, 0.3) is 0 Å². The van der Waals surface area contributed by atoms with Gasteiger partial charge in [0, 0.05) is 45.7 Å². The van der Waals surface area contributed by atoms with Gasteiger partial charge in [-0.2, -0.15) is 0 Å². The number of nitrogens with one attached hydrogen (secondary N) is 1. The van der Waals surface area contributed by atoms with Crippen LogP contribution in [0.4, 0.5) is 0 Å². The van der Waals surface area contributed by atoms with E-state index in [0.717, 1.165) is 59.0 Å². The van der Waals surface area contributed by atoms with Crippen molar-refractivity contribution >= 4 is 5.91 Å². The van der Waals surface area contributed by atoms with Gasteiger partial charge in [-0.3, -0.25) is 14.6 Å². The third-order valence-corrected chi connectivity index (χ3v) is 4.21. The molecule has 1 aliphatic heterocycles. The summed E-state index contributed by atoms with van der Waals surface area (Å²) in [6.07, 6.45) is 0.559. The maximum atomic E-state index is 12.0. The molecule has 1 aromatic rings. The highest BCUT2D eigenvalue weighted by Gasteiger charge is 2.11. The number of nitrogens with zero attached hydrogens (tertiary/aromatic N) is 2. The number of morpholine rings is 1. The van der Waals surface area contributed by atoms with Crippen LogP contribution in [0.25, 0.3) is 0 Å². The predicted octanol–water partition coefficient (Wildman–Crippen LogP) is 1.35. The minimum absolute atomic E-state index is 0.143. The number of hydrogen-bond acceptors (Lipinski definition) is 4. The Bertz CT molecular complexity index is 447. The van der Waals surface area contributed by atoms with Crippen molar-refractivity contribution in [2.75, 3.05) is 52.5 Å². The van der Waals surface area contributed by atoms with E-state index in [-0.39, 0.29) is 5.91 Å². The molecule has 2 rings (SSSR count). The molecule has 0 atom stereocenters. The fourth-order valence-corrected chi connectivity index (χ4v) is 2.72. The summed E-state index contributed by atoms with van der Waals surface area (Å²) in [5, 5.41) is 3.03. The summed E-state index contributed by atoms with van der Waals surface area (Å²) < 4.78 is 5.32. The Kier molecular flexibility index (Phi) is 8.07. The zero-order chi connectivity index (χ0) is 16.3. The average molecular weight is 319 g/mol. The Balaban J connectivity index is 1.60. The lowest BCUT2D eigenvalue weighted by atomic mass is 10.2. The molecule has 1 saturated heterocycles. The second-order valence-electron chi connectivity index (χ2n) is 5.91. The first kappa shape index (κ1) is 17.9. The molecule has 0 aliphatic carbocycles. The zero-order valence-electron chi connectivity index (χ0n) is 14.2. The molecule has 128 valence electrons. The van der Waals surface area contributed by atoms with E-state index >= 15 is 0 Å². The SMILES string of the molecule is CCN(CCC(=O)NCCN1CCOCC1)Cc1ccccc1. The largest absolute Gasteiger partial charge is 0.379 e. The summed E-state index contributed by atoms with van der Waals surface area (Å²) in [4.78, 5) is 16.6. The Morgan fingerprint density at radius 1 is 1.26 bits per heavy atom. The second kappa shape index (κ2) is 10.4. The van der Waals surface area contributed by atoms with E-state index in [4.69, 9.17) is 4.74 Å². The topological polar surface area (TPSA) is 44.8 Å². The molecular formula is C18H29N3O2. The number of benzene rings is 1. The van der Waals surface area contributed by atoms with Crippen molar-refractivity contribution in [3.63, 3.8) is 0 Å². The smallest absolute Gasteiger partial charge is 0.221 e. The molecule has 1 amide bonds. The fraction of sp³-hybridized carbons (Fsp3) is 0.611. The van der Waals surface area contributed by atoms with Crippen molar-refractivity contribution in [3.8, 4) is 0 Å². The lowest BCUT2D eigenvalue weighted by Gasteiger charge is -2.26. The van der Waals surface area contributed by atoms with Crippen LogP contribution in [-0.4, -0.2) is 68.2 Å². The third-order valence-electron chi connectivity index (χ3n) is 4.21. The molecule has 1 aliphatic rings. The number of carbonyl (C=O) groups excluding carboxylic acids is 1. The van der Waals surface area contributed by atoms with Crippen LogP contribution in [0.15, 0.2) is 30.3 Å². The Morgan fingerprint density at radius 3 is 2.70 bits per heavy atom. The third kappa shape index (κ3) is 7.12. The molecule has 0 spiro atoms. The summed E-state index contributed by atoms with van der Waals surface area (Å²) in [6.45, 7) is 9.98. The molecular weight excluding hydrogens is 290 g/mol. The van der Waals surface area contributed by atoms with Crippen molar-refractivity contribution in [2.24, 2.45) is 0 Å². The highest BCUT2D eigenvalue weighted by molar-refractivity contribution is 5.76. The van der Waals surface area contributed by atoms with Crippen LogP contribution < -0.4 is 5.32 Å². The molecule has 5 heteroatoms. The summed E-state index contributed by atoms with van der Waals surface area (Å²) in [5.41, 5.74) is 1.29. The van der Waals surface area contributed by atoms with Crippen molar-refractivity contribution in [1.29, 1.82) is 0 Å². The highest BCUT2D eigenvalue weighted by atomic mass is 16.5. The molecule has 0 unspecified atom stereocenters. The van der Waals surface area contributed by atoms with Crippen molar-refractivity contribution < 1.29 is 9.53 Å². The molecule has 0 saturated carbocycles. The van der Waals surface area contributed by atoms with Gasteiger partial charge in [-0.15, -0.1) is 0 Å². The maximum Gasteiger partial charge on any atom is 0.221 e. The van der Waals surface area contributed by atoms with Gasteiger partial charge in [0.15, 0.2) is 0 Å². The Morgan fingerprint density at radius 2 is 2.00 bits per heavy atom. The number of amides is 1. The fourth-order valence-electron chi connectivity index (χ4n) is 2.72. The molecule has 5 nitrogen and oxygen atoms in total. The van der Waals surface area contributed by atoms with Crippen LogP contribution in [0, 0.1) is 0 Å². The molecule has 1 heterocycles. The van der Waals surface area contributed by atoms with E-state index in [9.17, 15) is 4.79 Å². The van der Waals surface area contributed by atoms with E-state index in [1.165, 1.54) is 5.56 Å². The van der Waals surface area contributed by atoms with Gasteiger partial charge in [-0.05, 0) is 12.1 Å². The lowest BCUT2D eigenvalue weighted by molar-refractivity contribution is -0.121. The summed E-state index contributed by atoms with van der Waals surface area (Å²) in [5.74, 6) is 0.143. The van der Waals surface area contributed by atoms with Gasteiger partial charge in [0.1, 0.15) is 0 Å². The first-order valence-electron chi connectivity index (χ1n) is 8.61. The van der Waals surface area contributed by atoms with Crippen molar-refractivity contribution in [2.45, 2.75) is 19.9 Å². The Hall–Kier alpha value is -1.43. The standard InChI is InChI=1S/C18H29N3O2/c1-2-20(16-17-6-4-3-5-7-17)10-8-18(22)19-9-11-21-12-14-23-15-13-21/h3-7H,2,8-16H2,1H3,(H,19,22). The average Bonchev–Trinajstić information content (AvgIpc) is 2.60. The lowest BCUT2D eigenvalue weighted by Crippen LogP contribution is -2.41. The predicted molar refractivity (Wildman–Crippen MR) is 92.3 cm³/mol. The van der Waals surface area contributed by atoms with Crippen LogP contribution in [0.5, 0.6) is 0 Å². The highest BCUT2D eigenvalue weighted by Crippen LogP contribution is 2.04. The van der Waals surface area contributed by atoms with Gasteiger partial charge in [-0.1, -0.05) is 37.3 Å². The van der Waals surface area contributed by atoms with E-state index in [1.54, 1.807) is 0 Å². The van der Waals surface area contributed by atoms with Gasteiger partial charge in [0.2, 0.25) is 5.91 Å². The molecule has 0 aromatic heterocycles. The second-order valence-corrected chi connectivity index (χ2v) is 5.91. The van der Waals surface area contributed by atoms with Gasteiger partial charge >= 0.3 is 0 Å². The van der Waals surface area contributed by atoms with E-state index in [2.05, 4.69) is 46.3 Å². The van der Waals surface area contributed by atoms with Crippen LogP contribution >= 0.6 is 0 Å². The minimum atomic E-state index is 0.143. The number of carbonyl (C=O) groups is 1. The number of rotatable bonds is 9. The molecule has 1 N–H and O–H groups in total. The molecule has 0 radical (unpaired) electrons. The van der Waals surface area contributed by atoms with Crippen LogP contribution in [0.3, 0.4) is 0 Å². The van der Waals surface area contributed by atoms with Gasteiger partial charge < -0.3 is 10.1 Å². The monoisotopic (exact) mass is 319 g/mol. The van der Waals surface area contributed by atoms with Gasteiger partial charge in [0.05, 0.1) is 13.2 Å². The Labute approximate surface area is 139 Å². The quantitative estimate of drug-likeness (QED) is 0.746. The zero-order valence-corrected chi connectivity index (χ0v) is 14.2. The minimum Gasteiger partial charge on any atom is -0.379 e. The molecule has 23 heavy (non-hydrogen) atoms. The first-order valence-corrected chi connectivity index (χ1v) is 8.61. The first-order chi connectivity index (χ1) is 11.3. The van der Waals surface area contributed by atoms with Crippen LogP contribution in [0.1, 0.15) is 18.9 Å². The maximum absolute atomic E-state index is 12.0. The molecule has 1 aromatic carbocycles. The van der Waals surface area contributed by atoms with Crippen molar-refractivity contribution in [3.05, 3.63) is 35.9 Å². The van der Waals surface area contributed by atoms with Crippen molar-refractivity contribution in [1.82, 2.24) is 15.1 Å². The number of ether oxygens (including phenoxy) is 1. The summed E-state index contributed by atoms with van der Waals surface area (Å²) in [7, 11) is 0. The van der Waals surface area contributed by atoms with E-state index in [1.807, 2.05) is 6.07 Å². The molecule has 0 bridgehead atoms. The number of hydrogen-bond donors (Lipinski definition) is 1. The van der Waals surface area contributed by atoms with E-state index < -0.39 is 0 Å². The summed E-state index contributed by atoms with van der Waals surface area (Å²) in [6, 6.07) is 10.4.